The number of aromatic carboxylic acids is 1. The zero-order chi connectivity index (χ0) is 13.8. The fraction of sp³-hybridized carbons (Fsp3) is 0.250. The minimum atomic E-state index is -1.01. The van der Waals surface area contributed by atoms with Crippen molar-refractivity contribution in [3.63, 3.8) is 0 Å². The number of hydrogen-bond acceptors (Lipinski definition) is 4. The van der Waals surface area contributed by atoms with Crippen LogP contribution in [0.15, 0.2) is 35.4 Å². The third-order valence-corrected chi connectivity index (χ3v) is 2.54. The number of carboxylic acids is 1. The Balaban J connectivity index is 1.96. The number of aromatic nitrogens is 3. The summed E-state index contributed by atoms with van der Waals surface area (Å²) in [6.07, 6.45) is 1.42. The van der Waals surface area contributed by atoms with Crippen LogP contribution in [0, 0.1) is 0 Å². The van der Waals surface area contributed by atoms with Gasteiger partial charge in [0.2, 0.25) is 0 Å². The maximum absolute atomic E-state index is 11.5. The van der Waals surface area contributed by atoms with Gasteiger partial charge in [0.25, 0.3) is 0 Å². The molecule has 1 N–H and O–H groups in total. The number of rotatable bonds is 5. The Morgan fingerprint density at radius 1 is 1.47 bits per heavy atom. The van der Waals surface area contributed by atoms with Crippen molar-refractivity contribution in [2.45, 2.75) is 6.54 Å². The summed E-state index contributed by atoms with van der Waals surface area (Å²) in [7, 11) is 1.61. The Morgan fingerprint density at radius 3 is 2.89 bits per heavy atom. The summed E-state index contributed by atoms with van der Waals surface area (Å²) in [4.78, 5) is 22.3. The first-order valence-electron chi connectivity index (χ1n) is 5.62. The van der Waals surface area contributed by atoms with Crippen molar-refractivity contribution in [2.24, 2.45) is 7.05 Å². The van der Waals surface area contributed by atoms with Crippen LogP contribution < -0.4 is 10.4 Å². The monoisotopic (exact) mass is 263 g/mol. The molecule has 2 rings (SSSR count). The Bertz CT molecular complexity index is 644. The first-order valence-corrected chi connectivity index (χ1v) is 5.62. The summed E-state index contributed by atoms with van der Waals surface area (Å²) in [5, 5.41) is 12.7. The number of hydrogen-bond donors (Lipinski definition) is 1. The van der Waals surface area contributed by atoms with Crippen LogP contribution in [0.1, 0.15) is 10.4 Å². The molecule has 1 aromatic heterocycles. The Kier molecular flexibility index (Phi) is 3.65. The second-order valence-electron chi connectivity index (χ2n) is 3.93. The van der Waals surface area contributed by atoms with Crippen LogP contribution in [-0.2, 0) is 13.6 Å². The average molecular weight is 263 g/mol. The highest BCUT2D eigenvalue weighted by Gasteiger charge is 2.05. The molecule has 7 nitrogen and oxygen atoms in total. The molecule has 0 unspecified atom stereocenters. The molecule has 19 heavy (non-hydrogen) atoms. The third kappa shape index (κ3) is 3.01. The zero-order valence-corrected chi connectivity index (χ0v) is 10.3. The summed E-state index contributed by atoms with van der Waals surface area (Å²) in [5.74, 6) is -0.560. The van der Waals surface area contributed by atoms with E-state index in [9.17, 15) is 9.59 Å². The Labute approximate surface area is 108 Å². The van der Waals surface area contributed by atoms with E-state index in [-0.39, 0.29) is 17.9 Å². The number of nitrogens with zero attached hydrogens (tertiary/aromatic N) is 3. The van der Waals surface area contributed by atoms with E-state index in [0.29, 0.717) is 12.3 Å². The Morgan fingerprint density at radius 2 is 2.26 bits per heavy atom. The van der Waals surface area contributed by atoms with Crippen molar-refractivity contribution in [2.75, 3.05) is 6.61 Å². The molecule has 0 aliphatic heterocycles. The van der Waals surface area contributed by atoms with Gasteiger partial charge in [-0.25, -0.2) is 14.3 Å². The molecule has 0 radical (unpaired) electrons. The van der Waals surface area contributed by atoms with Gasteiger partial charge in [-0.3, -0.25) is 4.57 Å². The van der Waals surface area contributed by atoms with E-state index in [4.69, 9.17) is 9.84 Å². The largest absolute Gasteiger partial charge is 0.492 e. The number of ether oxygens (including phenoxy) is 1. The third-order valence-electron chi connectivity index (χ3n) is 2.54. The fourth-order valence-corrected chi connectivity index (χ4v) is 1.54. The molecule has 100 valence electrons. The smallest absolute Gasteiger partial charge is 0.345 e. The highest BCUT2D eigenvalue weighted by atomic mass is 16.5. The highest BCUT2D eigenvalue weighted by Crippen LogP contribution is 2.13. The first-order chi connectivity index (χ1) is 9.08. The quantitative estimate of drug-likeness (QED) is 0.841. The van der Waals surface area contributed by atoms with Crippen molar-refractivity contribution in [1.29, 1.82) is 0 Å². The molecular weight excluding hydrogens is 250 g/mol. The molecule has 0 amide bonds. The van der Waals surface area contributed by atoms with Gasteiger partial charge < -0.3 is 9.84 Å². The van der Waals surface area contributed by atoms with Gasteiger partial charge in [0, 0.05) is 7.05 Å². The van der Waals surface area contributed by atoms with Gasteiger partial charge in [0.15, 0.2) is 0 Å². The van der Waals surface area contributed by atoms with Gasteiger partial charge >= 0.3 is 11.7 Å². The van der Waals surface area contributed by atoms with Crippen LogP contribution in [0.2, 0.25) is 0 Å². The molecule has 2 aromatic rings. The Hall–Kier alpha value is -2.57. The van der Waals surface area contributed by atoms with Crippen LogP contribution >= 0.6 is 0 Å². The molecule has 1 heterocycles. The average Bonchev–Trinajstić information content (AvgIpc) is 2.71. The second-order valence-corrected chi connectivity index (χ2v) is 3.93. The van der Waals surface area contributed by atoms with Crippen LogP contribution in [0.3, 0.4) is 0 Å². The lowest BCUT2D eigenvalue weighted by molar-refractivity contribution is 0.0696. The predicted octanol–water partition coefficient (Wildman–Crippen LogP) is 0.359. The lowest BCUT2D eigenvalue weighted by Crippen LogP contribution is -2.25. The maximum atomic E-state index is 11.5. The number of aryl methyl sites for hydroxylation is 1. The summed E-state index contributed by atoms with van der Waals surface area (Å²) < 4.78 is 8.04. The van der Waals surface area contributed by atoms with E-state index in [0.717, 1.165) is 0 Å². The minimum Gasteiger partial charge on any atom is -0.492 e. The van der Waals surface area contributed by atoms with Gasteiger partial charge in [0.1, 0.15) is 18.7 Å². The molecule has 0 bridgehead atoms. The summed E-state index contributed by atoms with van der Waals surface area (Å²) in [6.45, 7) is 0.539. The van der Waals surface area contributed by atoms with E-state index in [1.165, 1.54) is 27.7 Å². The number of carboxylic acid groups (broad SMARTS) is 1. The van der Waals surface area contributed by atoms with Crippen LogP contribution in [-0.4, -0.2) is 32.0 Å². The van der Waals surface area contributed by atoms with E-state index < -0.39 is 5.97 Å². The van der Waals surface area contributed by atoms with Crippen molar-refractivity contribution in [1.82, 2.24) is 14.3 Å². The van der Waals surface area contributed by atoms with E-state index in [2.05, 4.69) is 5.10 Å². The number of carbonyl (C=O) groups is 1. The highest BCUT2D eigenvalue weighted by molar-refractivity contribution is 5.87. The molecule has 0 aliphatic carbocycles. The summed E-state index contributed by atoms with van der Waals surface area (Å²) in [5.41, 5.74) is -0.0598. The van der Waals surface area contributed by atoms with Crippen molar-refractivity contribution in [3.8, 4) is 5.75 Å². The molecule has 0 saturated heterocycles. The molecule has 0 saturated carbocycles. The van der Waals surface area contributed by atoms with Gasteiger partial charge in [-0.05, 0) is 18.2 Å². The molecule has 0 spiro atoms. The lowest BCUT2D eigenvalue weighted by atomic mass is 10.2. The standard InChI is InChI=1S/C12H13N3O4/c1-14-8-13-15(12(14)18)5-6-19-10-4-2-3-9(7-10)11(16)17/h2-4,7-8H,5-6H2,1H3,(H,16,17). The van der Waals surface area contributed by atoms with Gasteiger partial charge in [0.05, 0.1) is 12.1 Å². The van der Waals surface area contributed by atoms with Crippen molar-refractivity contribution >= 4 is 5.97 Å². The topological polar surface area (TPSA) is 86.3 Å². The fourth-order valence-electron chi connectivity index (χ4n) is 1.54. The van der Waals surface area contributed by atoms with E-state index in [1.54, 1.807) is 19.2 Å². The van der Waals surface area contributed by atoms with Crippen molar-refractivity contribution < 1.29 is 14.6 Å². The second kappa shape index (κ2) is 5.38. The first kappa shape index (κ1) is 12.9. The van der Waals surface area contributed by atoms with Crippen molar-refractivity contribution in [3.05, 3.63) is 46.6 Å². The van der Waals surface area contributed by atoms with Crippen LogP contribution in [0.25, 0.3) is 0 Å². The zero-order valence-electron chi connectivity index (χ0n) is 10.3. The minimum absolute atomic E-state index is 0.160. The van der Waals surface area contributed by atoms with Gasteiger partial charge in [-0.2, -0.15) is 5.10 Å². The lowest BCUT2D eigenvalue weighted by Gasteiger charge is -2.06. The van der Waals surface area contributed by atoms with Gasteiger partial charge in [-0.1, -0.05) is 6.07 Å². The molecule has 1 aromatic carbocycles. The van der Waals surface area contributed by atoms with Gasteiger partial charge in [-0.15, -0.1) is 0 Å². The molecule has 0 atom stereocenters. The predicted molar refractivity (Wildman–Crippen MR) is 66.4 cm³/mol. The summed E-state index contributed by atoms with van der Waals surface area (Å²) in [6, 6.07) is 6.18. The molecule has 7 heteroatoms. The van der Waals surface area contributed by atoms with Crippen LogP contribution in [0.5, 0.6) is 5.75 Å². The van der Waals surface area contributed by atoms with E-state index in [1.807, 2.05) is 0 Å². The van der Waals surface area contributed by atoms with E-state index >= 15 is 0 Å². The SMILES string of the molecule is Cn1cnn(CCOc2cccc(C(=O)O)c2)c1=O. The van der Waals surface area contributed by atoms with Crippen LogP contribution in [0.4, 0.5) is 0 Å². The molecule has 0 fully saturated rings. The molecular formula is C12H13N3O4. The number of benzene rings is 1. The normalized spacial score (nSPS) is 10.4. The maximum Gasteiger partial charge on any atom is 0.345 e. The molecule has 0 aliphatic rings. The summed E-state index contributed by atoms with van der Waals surface area (Å²) >= 11 is 0.